The number of nitrogens with one attached hydrogen (secondary N) is 1. The van der Waals surface area contributed by atoms with Gasteiger partial charge in [-0.1, -0.05) is 42.2 Å². The van der Waals surface area contributed by atoms with Gasteiger partial charge in [0, 0.05) is 5.69 Å². The number of carbonyl (C=O) groups is 1. The molecule has 100 valence electrons. The van der Waals surface area contributed by atoms with Crippen molar-refractivity contribution in [1.82, 2.24) is 10.2 Å². The van der Waals surface area contributed by atoms with Crippen LogP contribution in [0.3, 0.4) is 0 Å². The fourth-order valence-corrected chi connectivity index (χ4v) is 3.11. The van der Waals surface area contributed by atoms with E-state index in [1.807, 2.05) is 31.2 Å². The third-order valence-corrected chi connectivity index (χ3v) is 4.53. The molecular formula is C13H15N3OS2. The minimum absolute atomic E-state index is 0.0237. The van der Waals surface area contributed by atoms with Gasteiger partial charge in [0.05, 0.1) is 5.25 Å². The van der Waals surface area contributed by atoms with E-state index in [1.54, 1.807) is 5.51 Å². The monoisotopic (exact) mass is 293 g/mol. The second-order valence-corrected chi connectivity index (χ2v) is 6.43. The van der Waals surface area contributed by atoms with Crippen LogP contribution in [0.15, 0.2) is 34.1 Å². The number of anilines is 1. The molecule has 0 spiro atoms. The zero-order chi connectivity index (χ0) is 13.7. The maximum absolute atomic E-state index is 12.0. The molecule has 1 atom stereocenters. The van der Waals surface area contributed by atoms with Crippen molar-refractivity contribution in [2.24, 2.45) is 0 Å². The number of rotatable bonds is 5. The molecule has 1 amide bonds. The molecule has 19 heavy (non-hydrogen) atoms. The number of aromatic nitrogens is 2. The Balaban J connectivity index is 1.92. The van der Waals surface area contributed by atoms with Gasteiger partial charge in [-0.3, -0.25) is 4.79 Å². The molecule has 6 heteroatoms. The van der Waals surface area contributed by atoms with Crippen molar-refractivity contribution in [3.8, 4) is 0 Å². The number of aryl methyl sites for hydroxylation is 1. The normalized spacial score (nSPS) is 12.1. The molecule has 0 saturated heterocycles. The van der Waals surface area contributed by atoms with Gasteiger partial charge in [-0.25, -0.2) is 0 Å². The highest BCUT2D eigenvalue weighted by Gasteiger charge is 2.16. The minimum Gasteiger partial charge on any atom is -0.325 e. The van der Waals surface area contributed by atoms with Crippen LogP contribution in [0, 0.1) is 0 Å². The van der Waals surface area contributed by atoms with E-state index in [1.165, 1.54) is 28.7 Å². The molecule has 0 aliphatic rings. The fraction of sp³-hybridized carbons (Fsp3) is 0.308. The van der Waals surface area contributed by atoms with Gasteiger partial charge in [-0.15, -0.1) is 10.2 Å². The fourth-order valence-electron chi connectivity index (χ4n) is 1.49. The van der Waals surface area contributed by atoms with Crippen molar-refractivity contribution in [3.63, 3.8) is 0 Å². The molecule has 2 aromatic rings. The Kier molecular flexibility index (Phi) is 4.93. The van der Waals surface area contributed by atoms with Crippen molar-refractivity contribution in [2.45, 2.75) is 29.9 Å². The van der Waals surface area contributed by atoms with Crippen LogP contribution in [0.2, 0.25) is 0 Å². The molecule has 0 unspecified atom stereocenters. The van der Waals surface area contributed by atoms with Gasteiger partial charge in [0.25, 0.3) is 0 Å². The Hall–Kier alpha value is -1.40. The zero-order valence-corrected chi connectivity index (χ0v) is 12.4. The number of thioether (sulfide) groups is 1. The number of hydrogen-bond acceptors (Lipinski definition) is 5. The third-order valence-electron chi connectivity index (χ3n) is 2.62. The maximum atomic E-state index is 12.0. The van der Waals surface area contributed by atoms with Gasteiger partial charge in [0.2, 0.25) is 5.91 Å². The third kappa shape index (κ3) is 4.04. The average molecular weight is 293 g/mol. The second-order valence-electron chi connectivity index (χ2n) is 4.00. The molecule has 0 aliphatic carbocycles. The molecule has 0 radical (unpaired) electrons. The van der Waals surface area contributed by atoms with Crippen LogP contribution >= 0.6 is 23.1 Å². The summed E-state index contributed by atoms with van der Waals surface area (Å²) in [6.07, 6.45) is 0.998. The van der Waals surface area contributed by atoms with E-state index < -0.39 is 0 Å². The molecule has 1 heterocycles. The molecule has 0 bridgehead atoms. The summed E-state index contributed by atoms with van der Waals surface area (Å²) in [6.45, 7) is 3.97. The summed E-state index contributed by atoms with van der Waals surface area (Å²) >= 11 is 2.86. The molecule has 0 aliphatic heterocycles. The lowest BCUT2D eigenvalue weighted by atomic mass is 10.1. The quantitative estimate of drug-likeness (QED) is 0.860. The van der Waals surface area contributed by atoms with E-state index in [2.05, 4.69) is 22.4 Å². The van der Waals surface area contributed by atoms with E-state index >= 15 is 0 Å². The Morgan fingerprint density at radius 3 is 2.74 bits per heavy atom. The first-order valence-electron chi connectivity index (χ1n) is 6.01. The summed E-state index contributed by atoms with van der Waals surface area (Å²) in [5, 5.41) is 10.4. The first-order chi connectivity index (χ1) is 9.19. The van der Waals surface area contributed by atoms with Crippen LogP contribution in [0.4, 0.5) is 5.69 Å². The largest absolute Gasteiger partial charge is 0.325 e. The average Bonchev–Trinajstić information content (AvgIpc) is 2.92. The number of nitrogens with zero attached hydrogens (tertiary/aromatic N) is 2. The van der Waals surface area contributed by atoms with E-state index in [4.69, 9.17) is 0 Å². The van der Waals surface area contributed by atoms with Crippen LogP contribution in [0.1, 0.15) is 19.4 Å². The molecule has 1 N–H and O–H groups in total. The SMILES string of the molecule is CCc1ccc(NC(=O)[C@H](C)Sc2nncs2)cc1. The summed E-state index contributed by atoms with van der Waals surface area (Å²) in [5.41, 5.74) is 3.75. The van der Waals surface area contributed by atoms with Gasteiger partial charge in [0.1, 0.15) is 5.51 Å². The van der Waals surface area contributed by atoms with Crippen molar-refractivity contribution in [1.29, 1.82) is 0 Å². The van der Waals surface area contributed by atoms with Crippen LogP contribution < -0.4 is 5.32 Å². The number of benzene rings is 1. The summed E-state index contributed by atoms with van der Waals surface area (Å²) in [5.74, 6) is -0.0237. The van der Waals surface area contributed by atoms with Gasteiger partial charge < -0.3 is 5.32 Å². The van der Waals surface area contributed by atoms with Crippen molar-refractivity contribution in [2.75, 3.05) is 5.32 Å². The molecule has 4 nitrogen and oxygen atoms in total. The molecule has 2 rings (SSSR count). The lowest BCUT2D eigenvalue weighted by molar-refractivity contribution is -0.115. The van der Waals surface area contributed by atoms with Crippen LogP contribution in [0.5, 0.6) is 0 Å². The highest BCUT2D eigenvalue weighted by atomic mass is 32.2. The van der Waals surface area contributed by atoms with Crippen molar-refractivity contribution < 1.29 is 4.79 Å². The van der Waals surface area contributed by atoms with Crippen molar-refractivity contribution >= 4 is 34.7 Å². The van der Waals surface area contributed by atoms with Crippen LogP contribution in [0.25, 0.3) is 0 Å². The molecular weight excluding hydrogens is 278 g/mol. The smallest absolute Gasteiger partial charge is 0.237 e. The minimum atomic E-state index is -0.196. The lowest BCUT2D eigenvalue weighted by Gasteiger charge is -2.10. The number of hydrogen-bond donors (Lipinski definition) is 1. The lowest BCUT2D eigenvalue weighted by Crippen LogP contribution is -2.22. The molecule has 1 aromatic heterocycles. The van der Waals surface area contributed by atoms with E-state index in [9.17, 15) is 4.79 Å². The summed E-state index contributed by atoms with van der Waals surface area (Å²) < 4.78 is 0.809. The summed E-state index contributed by atoms with van der Waals surface area (Å²) in [4.78, 5) is 12.0. The van der Waals surface area contributed by atoms with Gasteiger partial charge in [-0.2, -0.15) is 0 Å². The zero-order valence-electron chi connectivity index (χ0n) is 10.8. The highest BCUT2D eigenvalue weighted by molar-refractivity contribution is 8.02. The second kappa shape index (κ2) is 6.68. The molecule has 0 saturated carbocycles. The Morgan fingerprint density at radius 1 is 1.42 bits per heavy atom. The van der Waals surface area contributed by atoms with Crippen LogP contribution in [-0.2, 0) is 11.2 Å². The first kappa shape index (κ1) is 14.0. The van der Waals surface area contributed by atoms with Crippen molar-refractivity contribution in [3.05, 3.63) is 35.3 Å². The van der Waals surface area contributed by atoms with Gasteiger partial charge >= 0.3 is 0 Å². The Labute approximate surface area is 120 Å². The van der Waals surface area contributed by atoms with E-state index in [0.29, 0.717) is 0 Å². The van der Waals surface area contributed by atoms with E-state index in [0.717, 1.165) is 16.4 Å². The summed E-state index contributed by atoms with van der Waals surface area (Å²) in [7, 11) is 0. The predicted octanol–water partition coefficient (Wildman–Crippen LogP) is 3.22. The standard InChI is InChI=1S/C13H15N3OS2/c1-3-10-4-6-11(7-5-10)15-12(17)9(2)19-13-16-14-8-18-13/h4-9H,3H2,1-2H3,(H,15,17)/t9-/m0/s1. The molecule has 0 fully saturated rings. The van der Waals surface area contributed by atoms with Gasteiger partial charge in [0.15, 0.2) is 4.34 Å². The number of carbonyl (C=O) groups excluding carboxylic acids is 1. The molecule has 1 aromatic carbocycles. The summed E-state index contributed by atoms with van der Waals surface area (Å²) in [6, 6.07) is 7.91. The maximum Gasteiger partial charge on any atom is 0.237 e. The Morgan fingerprint density at radius 2 is 2.16 bits per heavy atom. The van der Waals surface area contributed by atoms with Gasteiger partial charge in [-0.05, 0) is 31.0 Å². The topological polar surface area (TPSA) is 54.9 Å². The van der Waals surface area contributed by atoms with Crippen LogP contribution in [-0.4, -0.2) is 21.4 Å². The van der Waals surface area contributed by atoms with E-state index in [-0.39, 0.29) is 11.2 Å². The number of amides is 1. The first-order valence-corrected chi connectivity index (χ1v) is 7.77. The predicted molar refractivity (Wildman–Crippen MR) is 79.7 cm³/mol. The highest BCUT2D eigenvalue weighted by Crippen LogP contribution is 2.25. The Bertz CT molecular complexity index is 525.